The maximum atomic E-state index is 12.6. The van der Waals surface area contributed by atoms with Gasteiger partial charge in [-0.25, -0.2) is 0 Å². The number of carbonyl (C=O) groups is 3. The Morgan fingerprint density at radius 3 is 2.32 bits per heavy atom. The van der Waals surface area contributed by atoms with Gasteiger partial charge >= 0.3 is 5.97 Å². The minimum atomic E-state index is -0.772. The van der Waals surface area contributed by atoms with E-state index < -0.39 is 5.97 Å². The van der Waals surface area contributed by atoms with Crippen LogP contribution in [0.1, 0.15) is 45.4 Å². The number of nitrogens with one attached hydrogen (secondary N) is 1. The zero-order valence-electron chi connectivity index (χ0n) is 13.2. The Hall–Kier alpha value is -1.59. The summed E-state index contributed by atoms with van der Waals surface area (Å²) >= 11 is 0. The fraction of sp³-hybridized carbons (Fsp3) is 0.812. The smallest absolute Gasteiger partial charge is 0.306 e. The van der Waals surface area contributed by atoms with E-state index in [0.29, 0.717) is 25.3 Å². The number of hydrogen-bond donors (Lipinski definition) is 2. The van der Waals surface area contributed by atoms with Crippen molar-refractivity contribution in [1.82, 2.24) is 10.2 Å². The molecule has 2 fully saturated rings. The highest BCUT2D eigenvalue weighted by Gasteiger charge is 2.34. The van der Waals surface area contributed by atoms with E-state index in [4.69, 9.17) is 5.11 Å². The van der Waals surface area contributed by atoms with Gasteiger partial charge in [0.25, 0.3) is 0 Å². The maximum absolute atomic E-state index is 12.6. The van der Waals surface area contributed by atoms with Gasteiger partial charge in [-0.1, -0.05) is 6.42 Å². The quantitative estimate of drug-likeness (QED) is 0.818. The monoisotopic (exact) mass is 310 g/mol. The van der Waals surface area contributed by atoms with E-state index in [1.807, 2.05) is 4.90 Å². The van der Waals surface area contributed by atoms with Crippen LogP contribution in [-0.2, 0) is 14.4 Å². The molecule has 0 bridgehead atoms. The van der Waals surface area contributed by atoms with Crippen LogP contribution in [-0.4, -0.2) is 47.4 Å². The predicted molar refractivity (Wildman–Crippen MR) is 81.1 cm³/mol. The molecular weight excluding hydrogens is 284 g/mol. The van der Waals surface area contributed by atoms with Crippen LogP contribution in [0.2, 0.25) is 0 Å². The van der Waals surface area contributed by atoms with Crippen LogP contribution >= 0.6 is 0 Å². The molecule has 0 aromatic rings. The SMILES string of the molecule is CC(=O)NCC1CCN(C(=O)C2CCCC(C(=O)O)C2)CC1. The van der Waals surface area contributed by atoms with Gasteiger partial charge in [-0.15, -0.1) is 0 Å². The Kier molecular flexibility index (Phi) is 5.80. The summed E-state index contributed by atoms with van der Waals surface area (Å²) in [6, 6.07) is 0. The molecule has 2 unspecified atom stereocenters. The van der Waals surface area contributed by atoms with E-state index in [9.17, 15) is 14.4 Å². The van der Waals surface area contributed by atoms with E-state index in [1.54, 1.807) is 0 Å². The van der Waals surface area contributed by atoms with Gasteiger partial charge < -0.3 is 15.3 Å². The molecule has 22 heavy (non-hydrogen) atoms. The number of aliphatic carboxylic acids is 1. The van der Waals surface area contributed by atoms with Crippen molar-refractivity contribution in [3.63, 3.8) is 0 Å². The standard InChI is InChI=1S/C16H26N2O4/c1-11(19)17-10-12-5-7-18(8-6-12)15(20)13-3-2-4-14(9-13)16(21)22/h12-14H,2-10H2,1H3,(H,17,19)(H,21,22). The first-order valence-electron chi connectivity index (χ1n) is 8.23. The summed E-state index contributed by atoms with van der Waals surface area (Å²) in [6.45, 7) is 3.64. The summed E-state index contributed by atoms with van der Waals surface area (Å²) < 4.78 is 0. The Bertz CT molecular complexity index is 430. The largest absolute Gasteiger partial charge is 0.481 e. The predicted octanol–water partition coefficient (Wildman–Crippen LogP) is 1.25. The number of nitrogens with zero attached hydrogens (tertiary/aromatic N) is 1. The number of carboxylic acids is 1. The van der Waals surface area contributed by atoms with Crippen molar-refractivity contribution >= 4 is 17.8 Å². The fourth-order valence-electron chi connectivity index (χ4n) is 3.54. The summed E-state index contributed by atoms with van der Waals surface area (Å²) in [5, 5.41) is 12.0. The van der Waals surface area contributed by atoms with Gasteiger partial charge in [0.15, 0.2) is 0 Å². The topological polar surface area (TPSA) is 86.7 Å². The molecule has 2 atom stereocenters. The summed E-state index contributed by atoms with van der Waals surface area (Å²) in [6.07, 6.45) is 4.63. The number of piperidine rings is 1. The lowest BCUT2D eigenvalue weighted by molar-refractivity contribution is -0.146. The number of hydrogen-bond acceptors (Lipinski definition) is 3. The Morgan fingerprint density at radius 2 is 1.73 bits per heavy atom. The Balaban J connectivity index is 1.79. The van der Waals surface area contributed by atoms with Crippen LogP contribution in [0.15, 0.2) is 0 Å². The van der Waals surface area contributed by atoms with Gasteiger partial charge in [0.1, 0.15) is 0 Å². The number of carboxylic acid groups (broad SMARTS) is 1. The van der Waals surface area contributed by atoms with Crippen molar-refractivity contribution < 1.29 is 19.5 Å². The molecule has 1 saturated carbocycles. The molecule has 2 N–H and O–H groups in total. The van der Waals surface area contributed by atoms with Gasteiger partial charge in [0.05, 0.1) is 5.92 Å². The molecule has 0 aromatic heterocycles. The second-order valence-electron chi connectivity index (χ2n) is 6.60. The van der Waals surface area contributed by atoms with E-state index in [-0.39, 0.29) is 23.7 Å². The highest BCUT2D eigenvalue weighted by molar-refractivity contribution is 5.80. The van der Waals surface area contributed by atoms with E-state index in [2.05, 4.69) is 5.32 Å². The number of likely N-dealkylation sites (tertiary alicyclic amines) is 1. The van der Waals surface area contributed by atoms with Crippen LogP contribution in [0.4, 0.5) is 0 Å². The third-order valence-electron chi connectivity index (χ3n) is 4.94. The molecule has 1 aliphatic heterocycles. The van der Waals surface area contributed by atoms with Crippen LogP contribution in [0.5, 0.6) is 0 Å². The molecule has 2 amide bonds. The molecule has 0 spiro atoms. The van der Waals surface area contributed by atoms with Crippen LogP contribution in [0.3, 0.4) is 0 Å². The van der Waals surface area contributed by atoms with Gasteiger partial charge in [-0.3, -0.25) is 14.4 Å². The van der Waals surface area contributed by atoms with Gasteiger partial charge in [0.2, 0.25) is 11.8 Å². The number of amides is 2. The second-order valence-corrected chi connectivity index (χ2v) is 6.60. The van der Waals surface area contributed by atoms with Gasteiger partial charge in [0, 0.05) is 32.5 Å². The molecule has 1 aliphatic carbocycles. The van der Waals surface area contributed by atoms with Crippen molar-refractivity contribution in [3.05, 3.63) is 0 Å². The van der Waals surface area contributed by atoms with E-state index >= 15 is 0 Å². The van der Waals surface area contributed by atoms with Crippen LogP contribution in [0.25, 0.3) is 0 Å². The first kappa shape index (κ1) is 16.8. The van der Waals surface area contributed by atoms with Gasteiger partial charge in [-0.2, -0.15) is 0 Å². The lowest BCUT2D eigenvalue weighted by atomic mass is 9.80. The molecular formula is C16H26N2O4. The van der Waals surface area contributed by atoms with Crippen LogP contribution in [0, 0.1) is 17.8 Å². The van der Waals surface area contributed by atoms with E-state index in [0.717, 1.165) is 38.8 Å². The van der Waals surface area contributed by atoms with Crippen LogP contribution < -0.4 is 5.32 Å². The maximum Gasteiger partial charge on any atom is 0.306 e. The van der Waals surface area contributed by atoms with Crippen molar-refractivity contribution in [2.75, 3.05) is 19.6 Å². The lowest BCUT2D eigenvalue weighted by Gasteiger charge is -2.36. The average Bonchev–Trinajstić information content (AvgIpc) is 2.53. The Morgan fingerprint density at radius 1 is 1.09 bits per heavy atom. The molecule has 1 saturated heterocycles. The summed E-state index contributed by atoms with van der Waals surface area (Å²) in [5.74, 6) is -0.705. The van der Waals surface area contributed by atoms with Crippen molar-refractivity contribution in [1.29, 1.82) is 0 Å². The minimum Gasteiger partial charge on any atom is -0.481 e. The molecule has 6 nitrogen and oxygen atoms in total. The van der Waals surface area contributed by atoms with Crippen molar-refractivity contribution in [2.24, 2.45) is 17.8 Å². The highest BCUT2D eigenvalue weighted by Crippen LogP contribution is 2.31. The summed E-state index contributed by atoms with van der Waals surface area (Å²) in [5.41, 5.74) is 0. The van der Waals surface area contributed by atoms with Crippen molar-refractivity contribution in [3.8, 4) is 0 Å². The van der Waals surface area contributed by atoms with Crippen molar-refractivity contribution in [2.45, 2.75) is 45.4 Å². The summed E-state index contributed by atoms with van der Waals surface area (Å²) in [7, 11) is 0. The van der Waals surface area contributed by atoms with E-state index in [1.165, 1.54) is 6.92 Å². The first-order chi connectivity index (χ1) is 10.5. The molecule has 6 heteroatoms. The molecule has 2 aliphatic rings. The summed E-state index contributed by atoms with van der Waals surface area (Å²) in [4.78, 5) is 36.5. The van der Waals surface area contributed by atoms with Gasteiger partial charge in [-0.05, 0) is 38.0 Å². The molecule has 1 heterocycles. The fourth-order valence-corrected chi connectivity index (χ4v) is 3.54. The minimum absolute atomic E-state index is 0.0135. The zero-order valence-corrected chi connectivity index (χ0v) is 13.2. The third-order valence-corrected chi connectivity index (χ3v) is 4.94. The molecule has 2 rings (SSSR count). The molecule has 0 aromatic carbocycles. The first-order valence-corrected chi connectivity index (χ1v) is 8.23. The second kappa shape index (κ2) is 7.61. The highest BCUT2D eigenvalue weighted by atomic mass is 16.4. The number of carbonyl (C=O) groups excluding carboxylic acids is 2. The number of rotatable bonds is 4. The zero-order chi connectivity index (χ0) is 16.1. The Labute approximate surface area is 131 Å². The average molecular weight is 310 g/mol. The third kappa shape index (κ3) is 4.45. The molecule has 124 valence electrons. The molecule has 0 radical (unpaired) electrons. The normalized spacial score (nSPS) is 26.5. The lowest BCUT2D eigenvalue weighted by Crippen LogP contribution is -2.45.